The Bertz CT molecular complexity index is 1100. The molecule has 0 atom stereocenters. The predicted octanol–water partition coefficient (Wildman–Crippen LogP) is 5.81. The van der Waals surface area contributed by atoms with Crippen LogP contribution in [0.3, 0.4) is 0 Å². The summed E-state index contributed by atoms with van der Waals surface area (Å²) in [5, 5.41) is 0.654. The van der Waals surface area contributed by atoms with Crippen LogP contribution in [0.4, 0.5) is 22.0 Å². The lowest BCUT2D eigenvalue weighted by molar-refractivity contribution is -0.137. The SMILES string of the molecule is O=Cc1ccc2c(c1)c1c(n2CCOCc2ccc(C(F)(F)F)cc2)CCC(F)(F)C1. The molecule has 8 heteroatoms. The van der Waals surface area contributed by atoms with E-state index in [9.17, 15) is 26.7 Å². The fourth-order valence-electron chi connectivity index (χ4n) is 4.09. The lowest BCUT2D eigenvalue weighted by Crippen LogP contribution is -2.26. The first-order valence-electron chi connectivity index (χ1n) is 9.89. The molecule has 31 heavy (non-hydrogen) atoms. The van der Waals surface area contributed by atoms with Crippen LogP contribution >= 0.6 is 0 Å². The quantitative estimate of drug-likeness (QED) is 0.277. The Morgan fingerprint density at radius 2 is 1.84 bits per heavy atom. The van der Waals surface area contributed by atoms with Gasteiger partial charge in [-0.25, -0.2) is 8.78 Å². The van der Waals surface area contributed by atoms with Gasteiger partial charge in [0, 0.05) is 41.5 Å². The van der Waals surface area contributed by atoms with Gasteiger partial charge in [0.1, 0.15) is 6.29 Å². The maximum atomic E-state index is 14.0. The monoisotopic (exact) mass is 437 g/mol. The van der Waals surface area contributed by atoms with E-state index in [-0.39, 0.29) is 32.5 Å². The number of halogens is 5. The highest BCUT2D eigenvalue weighted by Gasteiger charge is 2.37. The van der Waals surface area contributed by atoms with E-state index in [1.807, 2.05) is 4.57 Å². The zero-order chi connectivity index (χ0) is 22.2. The molecule has 1 aromatic heterocycles. The molecule has 0 saturated carbocycles. The minimum Gasteiger partial charge on any atom is -0.375 e. The Labute approximate surface area is 175 Å². The minimum atomic E-state index is -4.38. The van der Waals surface area contributed by atoms with Gasteiger partial charge in [-0.1, -0.05) is 12.1 Å². The number of aromatic nitrogens is 1. The maximum Gasteiger partial charge on any atom is 0.416 e. The highest BCUT2D eigenvalue weighted by Crippen LogP contribution is 2.39. The highest BCUT2D eigenvalue weighted by atomic mass is 19.4. The summed E-state index contributed by atoms with van der Waals surface area (Å²) < 4.78 is 73.6. The number of fused-ring (bicyclic) bond motifs is 3. The number of alkyl halides is 5. The van der Waals surface area contributed by atoms with E-state index < -0.39 is 17.7 Å². The van der Waals surface area contributed by atoms with Crippen molar-refractivity contribution in [3.63, 3.8) is 0 Å². The average molecular weight is 437 g/mol. The lowest BCUT2D eigenvalue weighted by atomic mass is 9.92. The molecule has 164 valence electrons. The van der Waals surface area contributed by atoms with Gasteiger partial charge < -0.3 is 9.30 Å². The van der Waals surface area contributed by atoms with Crippen LogP contribution in [-0.2, 0) is 36.9 Å². The second kappa shape index (κ2) is 8.07. The number of ether oxygens (including phenoxy) is 1. The van der Waals surface area contributed by atoms with Crippen LogP contribution in [0, 0.1) is 0 Å². The number of aldehydes is 1. The van der Waals surface area contributed by atoms with Crippen LogP contribution in [0.2, 0.25) is 0 Å². The van der Waals surface area contributed by atoms with Crippen molar-refractivity contribution < 1.29 is 31.5 Å². The summed E-state index contributed by atoms with van der Waals surface area (Å²) in [4.78, 5) is 11.1. The number of nitrogens with zero attached hydrogens (tertiary/aromatic N) is 1. The topological polar surface area (TPSA) is 31.2 Å². The Hall–Kier alpha value is -2.74. The zero-order valence-corrected chi connectivity index (χ0v) is 16.5. The third-order valence-electron chi connectivity index (χ3n) is 5.62. The van der Waals surface area contributed by atoms with E-state index in [1.165, 1.54) is 12.1 Å². The Kier molecular flexibility index (Phi) is 5.60. The van der Waals surface area contributed by atoms with E-state index in [0.29, 0.717) is 34.9 Å². The standard InChI is InChI=1S/C23H20F5NO2/c24-22(25)8-7-21-19(12-22)18-11-16(13-30)3-6-20(18)29(21)9-10-31-14-15-1-4-17(5-2-15)23(26,27)28/h1-6,11,13H,7-10,12,14H2. The number of rotatable bonds is 6. The van der Waals surface area contributed by atoms with Gasteiger partial charge in [-0.15, -0.1) is 0 Å². The number of hydrogen-bond donors (Lipinski definition) is 0. The summed E-state index contributed by atoms with van der Waals surface area (Å²) in [6.45, 7) is 0.828. The van der Waals surface area contributed by atoms with Gasteiger partial charge in [0.25, 0.3) is 5.92 Å². The van der Waals surface area contributed by atoms with Gasteiger partial charge in [0.15, 0.2) is 0 Å². The Morgan fingerprint density at radius 3 is 2.52 bits per heavy atom. The van der Waals surface area contributed by atoms with Crippen molar-refractivity contribution >= 4 is 17.2 Å². The molecule has 0 N–H and O–H groups in total. The summed E-state index contributed by atoms with van der Waals surface area (Å²) >= 11 is 0. The first-order chi connectivity index (χ1) is 14.7. The van der Waals surface area contributed by atoms with Crippen LogP contribution in [0.1, 0.15) is 39.2 Å². The van der Waals surface area contributed by atoms with Crippen molar-refractivity contribution in [2.24, 2.45) is 0 Å². The van der Waals surface area contributed by atoms with Crippen molar-refractivity contribution in [2.45, 2.75) is 44.5 Å². The number of carbonyl (C=O) groups is 1. The highest BCUT2D eigenvalue weighted by molar-refractivity contribution is 5.91. The molecule has 0 bridgehead atoms. The van der Waals surface area contributed by atoms with Crippen LogP contribution in [0.25, 0.3) is 10.9 Å². The first kappa shape index (κ1) is 21.5. The molecule has 0 radical (unpaired) electrons. The number of carbonyl (C=O) groups excluding carboxylic acids is 1. The zero-order valence-electron chi connectivity index (χ0n) is 16.5. The van der Waals surface area contributed by atoms with Crippen molar-refractivity contribution in [1.82, 2.24) is 4.57 Å². The van der Waals surface area contributed by atoms with E-state index in [2.05, 4.69) is 0 Å². The maximum absolute atomic E-state index is 14.0. The summed E-state index contributed by atoms with van der Waals surface area (Å²) in [7, 11) is 0. The van der Waals surface area contributed by atoms with Gasteiger partial charge in [0.05, 0.1) is 18.8 Å². The third-order valence-corrected chi connectivity index (χ3v) is 5.62. The summed E-state index contributed by atoms with van der Waals surface area (Å²) in [5.41, 5.74) is 2.49. The molecule has 0 aliphatic heterocycles. The molecule has 4 rings (SSSR count). The van der Waals surface area contributed by atoms with Crippen LogP contribution in [-0.4, -0.2) is 23.4 Å². The predicted molar refractivity (Wildman–Crippen MR) is 105 cm³/mol. The normalized spacial score (nSPS) is 15.8. The molecule has 1 aliphatic carbocycles. The van der Waals surface area contributed by atoms with Gasteiger partial charge >= 0.3 is 6.18 Å². The molecular formula is C23H20F5NO2. The van der Waals surface area contributed by atoms with Crippen molar-refractivity contribution in [2.75, 3.05) is 6.61 Å². The first-order valence-corrected chi connectivity index (χ1v) is 9.89. The van der Waals surface area contributed by atoms with Crippen molar-refractivity contribution in [1.29, 1.82) is 0 Å². The third kappa shape index (κ3) is 4.49. The second-order valence-electron chi connectivity index (χ2n) is 7.75. The molecule has 0 saturated heterocycles. The number of benzene rings is 2. The molecule has 1 aliphatic rings. The molecular weight excluding hydrogens is 417 g/mol. The molecule has 0 unspecified atom stereocenters. The van der Waals surface area contributed by atoms with E-state index in [0.717, 1.165) is 23.3 Å². The van der Waals surface area contributed by atoms with Gasteiger partial charge in [-0.3, -0.25) is 4.79 Å². The molecule has 0 fully saturated rings. The Morgan fingerprint density at radius 1 is 1.10 bits per heavy atom. The van der Waals surface area contributed by atoms with Crippen LogP contribution in [0.5, 0.6) is 0 Å². The molecule has 3 aromatic rings. The lowest BCUT2D eigenvalue weighted by Gasteiger charge is -2.23. The van der Waals surface area contributed by atoms with Gasteiger partial charge in [0.2, 0.25) is 0 Å². The van der Waals surface area contributed by atoms with Gasteiger partial charge in [-0.2, -0.15) is 13.2 Å². The average Bonchev–Trinajstić information content (AvgIpc) is 3.02. The largest absolute Gasteiger partial charge is 0.416 e. The molecule has 3 nitrogen and oxygen atoms in total. The Balaban J connectivity index is 1.49. The minimum absolute atomic E-state index is 0.146. The molecule has 0 spiro atoms. The summed E-state index contributed by atoms with van der Waals surface area (Å²) in [6, 6.07) is 9.82. The number of hydrogen-bond acceptors (Lipinski definition) is 2. The molecule has 1 heterocycles. The summed E-state index contributed by atoms with van der Waals surface area (Å²) in [6.07, 6.45) is -4.05. The van der Waals surface area contributed by atoms with Crippen LogP contribution in [0.15, 0.2) is 42.5 Å². The fraction of sp³-hybridized carbons (Fsp3) is 0.348. The van der Waals surface area contributed by atoms with E-state index in [4.69, 9.17) is 4.74 Å². The fourth-order valence-corrected chi connectivity index (χ4v) is 4.09. The molecule has 2 aromatic carbocycles. The van der Waals surface area contributed by atoms with E-state index in [1.54, 1.807) is 18.2 Å². The molecule has 0 amide bonds. The second-order valence-corrected chi connectivity index (χ2v) is 7.75. The van der Waals surface area contributed by atoms with Crippen molar-refractivity contribution in [3.8, 4) is 0 Å². The van der Waals surface area contributed by atoms with Crippen molar-refractivity contribution in [3.05, 3.63) is 70.4 Å². The van der Waals surface area contributed by atoms with E-state index >= 15 is 0 Å². The van der Waals surface area contributed by atoms with Gasteiger partial charge in [-0.05, 0) is 47.9 Å². The summed E-state index contributed by atoms with van der Waals surface area (Å²) in [5.74, 6) is -2.78. The van der Waals surface area contributed by atoms with Crippen LogP contribution < -0.4 is 0 Å². The smallest absolute Gasteiger partial charge is 0.375 e.